The van der Waals surface area contributed by atoms with Crippen LogP contribution in [0, 0.1) is 5.92 Å². The van der Waals surface area contributed by atoms with Crippen LogP contribution in [-0.4, -0.2) is 30.8 Å². The normalized spacial score (nSPS) is 18.2. The second-order valence-corrected chi connectivity index (χ2v) is 5.31. The summed E-state index contributed by atoms with van der Waals surface area (Å²) in [5, 5.41) is 0. The summed E-state index contributed by atoms with van der Waals surface area (Å²) in [4.78, 5) is 37.0. The minimum absolute atomic E-state index is 0.127. The number of anilines is 1. The predicted octanol–water partition coefficient (Wildman–Crippen LogP) is 1.93. The topological polar surface area (TPSA) is 63.7 Å². The van der Waals surface area contributed by atoms with Gasteiger partial charge in [-0.25, -0.2) is 4.79 Å². The number of esters is 1. The van der Waals surface area contributed by atoms with Crippen LogP contribution < -0.4 is 4.90 Å². The Morgan fingerprint density at radius 1 is 1.35 bits per heavy atom. The molecule has 0 aliphatic carbocycles. The van der Waals surface area contributed by atoms with E-state index in [1.807, 2.05) is 12.1 Å². The molecule has 0 N–H and O–H groups in total. The van der Waals surface area contributed by atoms with Gasteiger partial charge < -0.3 is 9.64 Å². The van der Waals surface area contributed by atoms with Gasteiger partial charge in [-0.05, 0) is 37.6 Å². The molecule has 0 aromatic heterocycles. The van der Waals surface area contributed by atoms with Gasteiger partial charge in [-0.1, -0.05) is 15.9 Å². The fourth-order valence-corrected chi connectivity index (χ4v) is 2.41. The monoisotopic (exact) mass is 339 g/mol. The predicted molar refractivity (Wildman–Crippen MR) is 76.2 cm³/mol. The van der Waals surface area contributed by atoms with Crippen LogP contribution in [0.25, 0.3) is 0 Å². The molecule has 1 aromatic rings. The summed E-state index contributed by atoms with van der Waals surface area (Å²) in [5.74, 6) is -2.94. The summed E-state index contributed by atoms with van der Waals surface area (Å²) in [5.41, 5.74) is 0.720. The zero-order valence-corrected chi connectivity index (χ0v) is 12.6. The van der Waals surface area contributed by atoms with Crippen LogP contribution in [-0.2, 0) is 19.1 Å². The molecule has 1 heterocycles. The van der Waals surface area contributed by atoms with Gasteiger partial charge in [0, 0.05) is 16.7 Å². The van der Waals surface area contributed by atoms with Crippen molar-refractivity contribution in [1.82, 2.24) is 0 Å². The molecule has 106 valence electrons. The number of carbonyl (C=O) groups excluding carboxylic acids is 3. The highest BCUT2D eigenvalue weighted by Gasteiger charge is 2.40. The third-order valence-corrected chi connectivity index (χ3v) is 3.67. The van der Waals surface area contributed by atoms with E-state index in [4.69, 9.17) is 0 Å². The van der Waals surface area contributed by atoms with Gasteiger partial charge in [0.1, 0.15) is 5.92 Å². The van der Waals surface area contributed by atoms with E-state index < -0.39 is 17.7 Å². The summed E-state index contributed by atoms with van der Waals surface area (Å²) in [6, 6.07) is 7.23. The van der Waals surface area contributed by atoms with Gasteiger partial charge in [0.15, 0.2) is 0 Å². The van der Waals surface area contributed by atoms with Crippen molar-refractivity contribution in [3.8, 4) is 0 Å². The van der Waals surface area contributed by atoms with Crippen LogP contribution in [0.15, 0.2) is 28.7 Å². The standard InChI is InChI=1S/C14H14BrNO4/c1-2-20-14(19)12(17)11-7-8-16(13(11)18)10-5-3-9(15)4-6-10/h3-6,11H,2,7-8H2,1H3. The summed E-state index contributed by atoms with van der Waals surface area (Å²) in [7, 11) is 0. The second kappa shape index (κ2) is 6.17. The lowest BCUT2D eigenvalue weighted by atomic mass is 10.0. The number of rotatable bonds is 4. The average molecular weight is 340 g/mol. The van der Waals surface area contributed by atoms with Crippen LogP contribution in [0.5, 0.6) is 0 Å². The number of benzene rings is 1. The van der Waals surface area contributed by atoms with Crippen molar-refractivity contribution in [1.29, 1.82) is 0 Å². The van der Waals surface area contributed by atoms with Gasteiger partial charge in [0.25, 0.3) is 5.78 Å². The largest absolute Gasteiger partial charge is 0.460 e. The van der Waals surface area contributed by atoms with E-state index in [0.29, 0.717) is 13.0 Å². The molecule has 1 amide bonds. The molecule has 1 atom stereocenters. The average Bonchev–Trinajstić information content (AvgIpc) is 2.81. The second-order valence-electron chi connectivity index (χ2n) is 4.39. The number of halogens is 1. The number of amides is 1. The third-order valence-electron chi connectivity index (χ3n) is 3.14. The number of nitrogens with zero attached hydrogens (tertiary/aromatic N) is 1. The molecule has 1 unspecified atom stereocenters. The SMILES string of the molecule is CCOC(=O)C(=O)C1CCN(c2ccc(Br)cc2)C1=O. The van der Waals surface area contributed by atoms with E-state index in [1.54, 1.807) is 19.1 Å². The van der Waals surface area contributed by atoms with Crippen molar-refractivity contribution in [2.24, 2.45) is 5.92 Å². The van der Waals surface area contributed by atoms with Crippen molar-refractivity contribution < 1.29 is 19.1 Å². The molecule has 0 saturated carbocycles. The maximum atomic E-state index is 12.2. The Labute approximate surface area is 125 Å². The number of ketones is 1. The van der Waals surface area contributed by atoms with Crippen molar-refractivity contribution >= 4 is 39.3 Å². The first-order chi connectivity index (χ1) is 9.54. The first-order valence-corrected chi connectivity index (χ1v) is 7.11. The molecule has 1 aliphatic heterocycles. The van der Waals surface area contributed by atoms with Gasteiger partial charge in [-0.15, -0.1) is 0 Å². The molecule has 0 radical (unpaired) electrons. The number of Topliss-reactive ketones (excluding diaryl/α,β-unsaturated/α-hetero) is 1. The van der Waals surface area contributed by atoms with Gasteiger partial charge in [-0.2, -0.15) is 0 Å². The van der Waals surface area contributed by atoms with E-state index >= 15 is 0 Å². The Morgan fingerprint density at radius 3 is 2.60 bits per heavy atom. The lowest BCUT2D eigenvalue weighted by Gasteiger charge is -2.16. The minimum Gasteiger partial charge on any atom is -0.460 e. The zero-order valence-electron chi connectivity index (χ0n) is 11.0. The molecule has 1 saturated heterocycles. The Hall–Kier alpha value is -1.69. The van der Waals surface area contributed by atoms with E-state index in [2.05, 4.69) is 20.7 Å². The molecule has 1 fully saturated rings. The number of hydrogen-bond donors (Lipinski definition) is 0. The Balaban J connectivity index is 2.11. The Bertz CT molecular complexity index is 541. The van der Waals surface area contributed by atoms with E-state index in [1.165, 1.54) is 4.90 Å². The molecule has 1 aliphatic rings. The smallest absolute Gasteiger partial charge is 0.375 e. The van der Waals surface area contributed by atoms with Crippen LogP contribution >= 0.6 is 15.9 Å². The molecule has 6 heteroatoms. The van der Waals surface area contributed by atoms with Crippen molar-refractivity contribution in [2.45, 2.75) is 13.3 Å². The first-order valence-electron chi connectivity index (χ1n) is 6.32. The van der Waals surface area contributed by atoms with Crippen LogP contribution in [0.4, 0.5) is 5.69 Å². The van der Waals surface area contributed by atoms with Crippen molar-refractivity contribution in [2.75, 3.05) is 18.1 Å². The molecule has 0 spiro atoms. The third kappa shape index (κ3) is 2.90. The van der Waals surface area contributed by atoms with Crippen molar-refractivity contribution in [3.63, 3.8) is 0 Å². The van der Waals surface area contributed by atoms with E-state index in [9.17, 15) is 14.4 Å². The summed E-state index contributed by atoms with van der Waals surface area (Å²) in [6.07, 6.45) is 0.340. The van der Waals surface area contributed by atoms with Crippen LogP contribution in [0.2, 0.25) is 0 Å². The minimum atomic E-state index is -0.927. The van der Waals surface area contributed by atoms with E-state index in [-0.39, 0.29) is 12.5 Å². The summed E-state index contributed by atoms with van der Waals surface area (Å²) < 4.78 is 5.56. The Kier molecular flexibility index (Phi) is 4.54. The van der Waals surface area contributed by atoms with Crippen molar-refractivity contribution in [3.05, 3.63) is 28.7 Å². The number of hydrogen-bond acceptors (Lipinski definition) is 4. The lowest BCUT2D eigenvalue weighted by Crippen LogP contribution is -2.34. The van der Waals surface area contributed by atoms with Crippen LogP contribution in [0.1, 0.15) is 13.3 Å². The molecule has 2 rings (SSSR count). The summed E-state index contributed by atoms with van der Waals surface area (Å²) >= 11 is 3.32. The fraction of sp³-hybridized carbons (Fsp3) is 0.357. The molecule has 5 nitrogen and oxygen atoms in total. The maximum absolute atomic E-state index is 12.2. The van der Waals surface area contributed by atoms with Gasteiger partial charge in [-0.3, -0.25) is 9.59 Å². The highest BCUT2D eigenvalue weighted by Crippen LogP contribution is 2.27. The van der Waals surface area contributed by atoms with Crippen LogP contribution in [0.3, 0.4) is 0 Å². The lowest BCUT2D eigenvalue weighted by molar-refractivity contribution is -0.156. The molecular weight excluding hydrogens is 326 g/mol. The molecule has 0 bridgehead atoms. The first kappa shape index (κ1) is 14.7. The fourth-order valence-electron chi connectivity index (χ4n) is 2.15. The van der Waals surface area contributed by atoms with Gasteiger partial charge >= 0.3 is 5.97 Å². The quantitative estimate of drug-likeness (QED) is 0.477. The van der Waals surface area contributed by atoms with Gasteiger partial charge in [0.2, 0.25) is 5.91 Å². The highest BCUT2D eigenvalue weighted by molar-refractivity contribution is 9.10. The zero-order chi connectivity index (χ0) is 14.7. The maximum Gasteiger partial charge on any atom is 0.375 e. The molecular formula is C14H14BrNO4. The summed E-state index contributed by atoms with van der Waals surface area (Å²) in [6.45, 7) is 2.17. The molecule has 1 aromatic carbocycles. The van der Waals surface area contributed by atoms with E-state index in [0.717, 1.165) is 10.2 Å². The highest BCUT2D eigenvalue weighted by atomic mass is 79.9. The number of ether oxygens (including phenoxy) is 1. The van der Waals surface area contributed by atoms with Gasteiger partial charge in [0.05, 0.1) is 6.61 Å². The Morgan fingerprint density at radius 2 is 2.00 bits per heavy atom. The number of carbonyl (C=O) groups is 3. The molecule has 20 heavy (non-hydrogen) atoms.